The van der Waals surface area contributed by atoms with Gasteiger partial charge in [0.2, 0.25) is 5.91 Å². The van der Waals surface area contributed by atoms with E-state index in [1.807, 2.05) is 0 Å². The molecule has 0 aromatic carbocycles. The maximum atomic E-state index is 12.6. The molecule has 0 saturated carbocycles. The molecule has 0 radical (unpaired) electrons. The fraction of sp³-hybridized carbons (Fsp3) is 0.688. The molecule has 1 saturated heterocycles. The summed E-state index contributed by atoms with van der Waals surface area (Å²) in [6, 6.07) is -0.651. The largest absolute Gasteiger partial charge is 0.406 e. The highest BCUT2D eigenvalue weighted by Crippen LogP contribution is 2.28. The summed E-state index contributed by atoms with van der Waals surface area (Å²) in [5.74, 6) is 0.734. The Balaban J connectivity index is 1.78. The quantitative estimate of drug-likeness (QED) is 0.917. The van der Waals surface area contributed by atoms with Crippen LogP contribution in [0.5, 0.6) is 0 Å². The summed E-state index contributed by atoms with van der Waals surface area (Å²) in [6.45, 7) is 0.751. The van der Waals surface area contributed by atoms with Crippen LogP contribution in [0.25, 0.3) is 0 Å². The van der Waals surface area contributed by atoms with E-state index in [4.69, 9.17) is 0 Å². The molecular formula is C16H21F3N4O. The maximum absolute atomic E-state index is 12.6. The number of halogens is 3. The Kier molecular flexibility index (Phi) is 4.64. The fourth-order valence-corrected chi connectivity index (χ4v) is 3.45. The number of hydrogen-bond acceptors (Lipinski definition) is 4. The summed E-state index contributed by atoms with van der Waals surface area (Å²) in [4.78, 5) is 22.1. The third-order valence-electron chi connectivity index (χ3n) is 4.51. The standard InChI is InChI=1S/C16H21F3N4O/c1-10-20-12-6-3-2-5-11(12)14(21-10)22-13-7-4-8-23(15(13)24)9-16(17,18)19/h13H,2-9H2,1H3,(H,20,21,22). The molecule has 2 aliphatic rings. The van der Waals surface area contributed by atoms with Crippen LogP contribution in [0.4, 0.5) is 19.0 Å². The average Bonchev–Trinajstić information content (AvgIpc) is 2.50. The number of carbonyl (C=O) groups is 1. The zero-order chi connectivity index (χ0) is 17.3. The molecule has 1 aliphatic heterocycles. The van der Waals surface area contributed by atoms with Gasteiger partial charge in [0, 0.05) is 17.8 Å². The fourth-order valence-electron chi connectivity index (χ4n) is 3.45. The van der Waals surface area contributed by atoms with Gasteiger partial charge >= 0.3 is 6.18 Å². The first kappa shape index (κ1) is 17.0. The lowest BCUT2D eigenvalue weighted by molar-refractivity contribution is -0.163. The van der Waals surface area contributed by atoms with Gasteiger partial charge in [0.1, 0.15) is 24.2 Å². The third kappa shape index (κ3) is 3.79. The van der Waals surface area contributed by atoms with Crippen LogP contribution in [0, 0.1) is 6.92 Å². The first-order chi connectivity index (χ1) is 11.3. The number of hydrogen-bond donors (Lipinski definition) is 1. The second-order valence-corrected chi connectivity index (χ2v) is 6.47. The molecule has 132 valence electrons. The van der Waals surface area contributed by atoms with Crippen molar-refractivity contribution in [2.24, 2.45) is 0 Å². The topological polar surface area (TPSA) is 58.1 Å². The number of nitrogens with zero attached hydrogens (tertiary/aromatic N) is 3. The molecule has 1 N–H and O–H groups in total. The van der Waals surface area contributed by atoms with E-state index in [0.29, 0.717) is 24.5 Å². The molecule has 0 bridgehead atoms. The van der Waals surface area contributed by atoms with Crippen molar-refractivity contribution >= 4 is 11.7 Å². The second kappa shape index (κ2) is 6.57. The van der Waals surface area contributed by atoms with E-state index in [-0.39, 0.29) is 6.54 Å². The first-order valence-corrected chi connectivity index (χ1v) is 8.32. The minimum absolute atomic E-state index is 0.150. The van der Waals surface area contributed by atoms with Gasteiger partial charge in [-0.1, -0.05) is 0 Å². The summed E-state index contributed by atoms with van der Waals surface area (Å²) in [7, 11) is 0. The molecule has 2 heterocycles. The lowest BCUT2D eigenvalue weighted by atomic mass is 9.95. The summed E-state index contributed by atoms with van der Waals surface area (Å²) in [5.41, 5.74) is 2.00. The number of aromatic nitrogens is 2. The van der Waals surface area contributed by atoms with Crippen molar-refractivity contribution in [1.82, 2.24) is 14.9 Å². The van der Waals surface area contributed by atoms with Gasteiger partial charge in [0.05, 0.1) is 0 Å². The zero-order valence-corrected chi connectivity index (χ0v) is 13.6. The normalized spacial score (nSPS) is 21.6. The highest BCUT2D eigenvalue weighted by atomic mass is 19.4. The molecule has 1 atom stereocenters. The maximum Gasteiger partial charge on any atom is 0.406 e. The Hall–Kier alpha value is -1.86. The van der Waals surface area contributed by atoms with Crippen molar-refractivity contribution in [2.75, 3.05) is 18.4 Å². The van der Waals surface area contributed by atoms with E-state index >= 15 is 0 Å². The molecule has 1 unspecified atom stereocenters. The van der Waals surface area contributed by atoms with Crippen molar-refractivity contribution < 1.29 is 18.0 Å². The predicted octanol–water partition coefficient (Wildman–Crippen LogP) is 2.63. The number of fused-ring (bicyclic) bond motifs is 1. The van der Waals surface area contributed by atoms with E-state index in [2.05, 4.69) is 15.3 Å². The van der Waals surface area contributed by atoms with Gasteiger partial charge in [0.15, 0.2) is 0 Å². The van der Waals surface area contributed by atoms with Gasteiger partial charge in [-0.25, -0.2) is 9.97 Å². The second-order valence-electron chi connectivity index (χ2n) is 6.47. The number of anilines is 1. The SMILES string of the molecule is Cc1nc2c(c(NC3CCCN(CC(F)(F)F)C3=O)n1)CCCC2. The van der Waals surface area contributed by atoms with Crippen LogP contribution in [-0.2, 0) is 17.6 Å². The Morgan fingerprint density at radius 3 is 2.71 bits per heavy atom. The molecule has 1 aliphatic carbocycles. The number of rotatable bonds is 3. The van der Waals surface area contributed by atoms with Crippen LogP contribution in [0.15, 0.2) is 0 Å². The molecule has 3 rings (SSSR count). The Morgan fingerprint density at radius 2 is 1.96 bits per heavy atom. The van der Waals surface area contributed by atoms with E-state index in [1.54, 1.807) is 6.92 Å². The average molecular weight is 342 g/mol. The van der Waals surface area contributed by atoms with Crippen molar-refractivity contribution in [1.29, 1.82) is 0 Å². The van der Waals surface area contributed by atoms with E-state index in [0.717, 1.165) is 41.8 Å². The number of likely N-dealkylation sites (tertiary alicyclic amines) is 1. The number of aryl methyl sites for hydroxylation is 2. The monoisotopic (exact) mass is 342 g/mol. The van der Waals surface area contributed by atoms with E-state index in [9.17, 15) is 18.0 Å². The summed E-state index contributed by atoms with van der Waals surface area (Å²) in [5, 5.41) is 3.11. The van der Waals surface area contributed by atoms with Crippen LogP contribution < -0.4 is 5.32 Å². The number of nitrogens with one attached hydrogen (secondary N) is 1. The Morgan fingerprint density at radius 1 is 1.21 bits per heavy atom. The Bertz CT molecular complexity index is 632. The molecular weight excluding hydrogens is 321 g/mol. The number of carbonyl (C=O) groups excluding carboxylic acids is 1. The minimum Gasteiger partial charge on any atom is -0.358 e. The smallest absolute Gasteiger partial charge is 0.358 e. The number of piperidine rings is 1. The van der Waals surface area contributed by atoms with E-state index < -0.39 is 24.7 Å². The third-order valence-corrected chi connectivity index (χ3v) is 4.51. The van der Waals surface area contributed by atoms with Gasteiger partial charge in [-0.05, 0) is 45.4 Å². The first-order valence-electron chi connectivity index (χ1n) is 8.32. The molecule has 1 aromatic rings. The molecule has 24 heavy (non-hydrogen) atoms. The number of alkyl halides is 3. The summed E-state index contributed by atoms with van der Waals surface area (Å²) < 4.78 is 37.8. The molecule has 1 aromatic heterocycles. The van der Waals surface area contributed by atoms with Gasteiger partial charge in [-0.2, -0.15) is 13.2 Å². The molecule has 0 spiro atoms. The van der Waals surface area contributed by atoms with Crippen LogP contribution in [0.2, 0.25) is 0 Å². The van der Waals surface area contributed by atoms with E-state index in [1.165, 1.54) is 0 Å². The van der Waals surface area contributed by atoms with Gasteiger partial charge in [-0.3, -0.25) is 4.79 Å². The zero-order valence-electron chi connectivity index (χ0n) is 13.6. The van der Waals surface area contributed by atoms with Crippen molar-refractivity contribution in [2.45, 2.75) is 57.7 Å². The van der Waals surface area contributed by atoms with Crippen molar-refractivity contribution in [3.63, 3.8) is 0 Å². The highest BCUT2D eigenvalue weighted by Gasteiger charge is 2.37. The van der Waals surface area contributed by atoms with Gasteiger partial charge in [-0.15, -0.1) is 0 Å². The van der Waals surface area contributed by atoms with Crippen LogP contribution >= 0.6 is 0 Å². The molecule has 1 amide bonds. The van der Waals surface area contributed by atoms with Crippen LogP contribution in [0.1, 0.15) is 42.8 Å². The van der Waals surface area contributed by atoms with Gasteiger partial charge in [0.25, 0.3) is 0 Å². The summed E-state index contributed by atoms with van der Waals surface area (Å²) in [6.07, 6.45) is 0.522. The molecule has 1 fully saturated rings. The van der Waals surface area contributed by atoms with Crippen LogP contribution in [0.3, 0.4) is 0 Å². The predicted molar refractivity (Wildman–Crippen MR) is 82.7 cm³/mol. The minimum atomic E-state index is -4.37. The number of amides is 1. The lowest BCUT2D eigenvalue weighted by Gasteiger charge is -2.34. The van der Waals surface area contributed by atoms with Crippen LogP contribution in [-0.4, -0.2) is 46.1 Å². The highest BCUT2D eigenvalue weighted by molar-refractivity contribution is 5.85. The Labute approximate surface area is 138 Å². The van der Waals surface area contributed by atoms with Crippen molar-refractivity contribution in [3.8, 4) is 0 Å². The van der Waals surface area contributed by atoms with Crippen molar-refractivity contribution in [3.05, 3.63) is 17.1 Å². The van der Waals surface area contributed by atoms with Gasteiger partial charge < -0.3 is 10.2 Å². The lowest BCUT2D eigenvalue weighted by Crippen LogP contribution is -2.50. The molecule has 5 nitrogen and oxygen atoms in total. The summed E-state index contributed by atoms with van der Waals surface area (Å²) >= 11 is 0. The molecule has 8 heteroatoms.